The molecule has 2 heteroatoms. The molecule has 1 aliphatic heterocycles. The number of carbonyl (C=O) groups excluding carboxylic acids is 1. The molecule has 5 atom stereocenters. The highest BCUT2D eigenvalue weighted by Crippen LogP contribution is 2.59. The number of hydrogen-bond donors (Lipinski definition) is 0. The molecule has 2 saturated carbocycles. The molecule has 0 N–H and O–H groups in total. The number of ketones is 1. The third-order valence-electron chi connectivity index (χ3n) is 5.37. The highest BCUT2D eigenvalue weighted by molar-refractivity contribution is 5.84. The van der Waals surface area contributed by atoms with Gasteiger partial charge in [-0.15, -0.1) is 0 Å². The van der Waals surface area contributed by atoms with E-state index in [1.165, 1.54) is 19.3 Å². The monoisotopic (exact) mass is 218 g/mol. The Morgan fingerprint density at radius 3 is 2.94 bits per heavy atom. The van der Waals surface area contributed by atoms with Crippen LogP contribution in [0.2, 0.25) is 0 Å². The second-order valence-electron chi connectivity index (χ2n) is 5.98. The van der Waals surface area contributed by atoms with E-state index in [4.69, 9.17) is 4.74 Å². The van der Waals surface area contributed by atoms with E-state index < -0.39 is 0 Å². The first-order valence-electron chi connectivity index (χ1n) is 6.65. The molecule has 0 radical (unpaired) electrons. The summed E-state index contributed by atoms with van der Waals surface area (Å²) in [7, 11) is 0. The second-order valence-corrected chi connectivity index (χ2v) is 5.98. The molecule has 1 saturated heterocycles. The van der Waals surface area contributed by atoms with Crippen LogP contribution in [0.4, 0.5) is 0 Å². The minimum absolute atomic E-state index is 0.0861. The third kappa shape index (κ3) is 0.994. The number of rotatable bonds is 0. The van der Waals surface area contributed by atoms with Gasteiger partial charge in [-0.3, -0.25) is 4.79 Å². The van der Waals surface area contributed by atoms with E-state index in [9.17, 15) is 4.79 Å². The normalized spacial score (nSPS) is 53.9. The lowest BCUT2D eigenvalue weighted by Crippen LogP contribution is -2.50. The Morgan fingerprint density at radius 2 is 2.12 bits per heavy atom. The van der Waals surface area contributed by atoms with Crippen molar-refractivity contribution in [2.75, 3.05) is 6.61 Å². The summed E-state index contributed by atoms with van der Waals surface area (Å²) in [6.07, 6.45) is 10.00. The topological polar surface area (TPSA) is 26.3 Å². The summed E-state index contributed by atoms with van der Waals surface area (Å²) in [4.78, 5) is 12.1. The maximum Gasteiger partial charge on any atom is 0.137 e. The van der Waals surface area contributed by atoms with Gasteiger partial charge in [-0.05, 0) is 37.5 Å². The average molecular weight is 218 g/mol. The van der Waals surface area contributed by atoms with Gasteiger partial charge in [-0.25, -0.2) is 0 Å². The molecule has 0 unspecified atom stereocenters. The Bertz CT molecular complexity index is 365. The zero-order chi connectivity index (χ0) is 10.8. The van der Waals surface area contributed by atoms with Gasteiger partial charge in [0.1, 0.15) is 5.78 Å². The predicted molar refractivity (Wildman–Crippen MR) is 59.9 cm³/mol. The van der Waals surface area contributed by atoms with Crippen molar-refractivity contribution in [3.63, 3.8) is 0 Å². The molecule has 86 valence electrons. The summed E-state index contributed by atoms with van der Waals surface area (Å²) in [5, 5.41) is 0. The number of hydrogen-bond acceptors (Lipinski definition) is 2. The van der Waals surface area contributed by atoms with Crippen molar-refractivity contribution in [2.45, 2.75) is 37.7 Å². The van der Waals surface area contributed by atoms with Crippen molar-refractivity contribution >= 4 is 5.78 Å². The highest BCUT2D eigenvalue weighted by atomic mass is 16.5. The Hall–Kier alpha value is -0.630. The number of carbonyl (C=O) groups is 1. The largest absolute Gasteiger partial charge is 0.375 e. The molecule has 1 spiro atoms. The summed E-state index contributed by atoms with van der Waals surface area (Å²) >= 11 is 0. The van der Waals surface area contributed by atoms with Gasteiger partial charge < -0.3 is 4.74 Å². The van der Waals surface area contributed by atoms with E-state index >= 15 is 0 Å². The van der Waals surface area contributed by atoms with Crippen molar-refractivity contribution in [1.82, 2.24) is 0 Å². The molecule has 1 heterocycles. The maximum atomic E-state index is 12.1. The van der Waals surface area contributed by atoms with Crippen LogP contribution >= 0.6 is 0 Å². The third-order valence-corrected chi connectivity index (χ3v) is 5.37. The number of Topliss-reactive ketones (excluding diaryl/α,β-unsaturated/α-hetero) is 1. The van der Waals surface area contributed by atoms with Gasteiger partial charge in [0, 0.05) is 24.9 Å². The molecule has 4 rings (SSSR count). The molecule has 3 aliphatic carbocycles. The van der Waals surface area contributed by atoms with E-state index in [0.717, 1.165) is 19.4 Å². The minimum Gasteiger partial charge on any atom is -0.375 e. The standard InChI is InChI=1S/C14H18O2/c15-11-4-6-14(5-1-7-16-14)13-10-3-2-9(8-10)12(11)13/h2-3,9-10,12-13H,1,4-8H2/t9-,10+,12+,13+,14-/m1/s1. The van der Waals surface area contributed by atoms with E-state index in [-0.39, 0.29) is 5.60 Å². The van der Waals surface area contributed by atoms with Gasteiger partial charge in [0.15, 0.2) is 0 Å². The van der Waals surface area contributed by atoms with Gasteiger partial charge in [-0.1, -0.05) is 12.2 Å². The van der Waals surface area contributed by atoms with Crippen LogP contribution in [0.15, 0.2) is 12.2 Å². The average Bonchev–Trinajstić information content (AvgIpc) is 2.99. The number of fused-ring (bicyclic) bond motifs is 6. The lowest BCUT2D eigenvalue weighted by molar-refractivity contribution is -0.143. The summed E-state index contributed by atoms with van der Waals surface area (Å²) < 4.78 is 6.11. The fourth-order valence-corrected chi connectivity index (χ4v) is 4.83. The van der Waals surface area contributed by atoms with E-state index in [0.29, 0.717) is 29.5 Å². The van der Waals surface area contributed by atoms with Crippen molar-refractivity contribution in [3.8, 4) is 0 Å². The summed E-state index contributed by atoms with van der Waals surface area (Å²) in [6, 6.07) is 0. The van der Waals surface area contributed by atoms with Crippen LogP contribution in [0.5, 0.6) is 0 Å². The van der Waals surface area contributed by atoms with E-state index in [1.54, 1.807) is 0 Å². The van der Waals surface area contributed by atoms with Crippen molar-refractivity contribution in [2.24, 2.45) is 23.7 Å². The lowest BCUT2D eigenvalue weighted by Gasteiger charge is -2.45. The van der Waals surface area contributed by atoms with Gasteiger partial charge in [0.2, 0.25) is 0 Å². The van der Waals surface area contributed by atoms with Gasteiger partial charge in [0.05, 0.1) is 5.60 Å². The Morgan fingerprint density at radius 1 is 1.25 bits per heavy atom. The molecule has 4 aliphatic rings. The molecule has 0 aromatic rings. The van der Waals surface area contributed by atoms with Crippen LogP contribution < -0.4 is 0 Å². The van der Waals surface area contributed by atoms with Crippen molar-refractivity contribution < 1.29 is 9.53 Å². The Balaban J connectivity index is 1.77. The molecule has 3 fully saturated rings. The van der Waals surface area contributed by atoms with Crippen LogP contribution in [0.1, 0.15) is 32.1 Å². The lowest BCUT2D eigenvalue weighted by atomic mass is 9.63. The molecular weight excluding hydrogens is 200 g/mol. The first-order valence-corrected chi connectivity index (χ1v) is 6.65. The molecule has 2 nitrogen and oxygen atoms in total. The Kier molecular flexibility index (Phi) is 1.75. The van der Waals surface area contributed by atoms with Crippen LogP contribution in [0.25, 0.3) is 0 Å². The zero-order valence-corrected chi connectivity index (χ0v) is 9.52. The number of allylic oxidation sites excluding steroid dienone is 2. The highest BCUT2D eigenvalue weighted by Gasteiger charge is 2.60. The first kappa shape index (κ1) is 9.41. The summed E-state index contributed by atoms with van der Waals surface area (Å²) in [5.41, 5.74) is 0.0861. The van der Waals surface area contributed by atoms with Crippen LogP contribution in [-0.4, -0.2) is 18.0 Å². The SMILES string of the molecule is O=C1CC[C@]2(CCCO2)[C@@H]2[C@H]1[C@@H]1C=C[C@H]2C1. The van der Waals surface area contributed by atoms with Crippen molar-refractivity contribution in [1.29, 1.82) is 0 Å². The van der Waals surface area contributed by atoms with Gasteiger partial charge >= 0.3 is 0 Å². The minimum atomic E-state index is 0.0861. The molecule has 2 bridgehead atoms. The molecule has 16 heavy (non-hydrogen) atoms. The van der Waals surface area contributed by atoms with Gasteiger partial charge in [-0.2, -0.15) is 0 Å². The Labute approximate surface area is 96.0 Å². The van der Waals surface area contributed by atoms with Crippen LogP contribution in [0.3, 0.4) is 0 Å². The quantitative estimate of drug-likeness (QED) is 0.583. The summed E-state index contributed by atoms with van der Waals surface area (Å²) in [5.74, 6) is 2.53. The smallest absolute Gasteiger partial charge is 0.137 e. The number of ether oxygens (including phenoxy) is 1. The van der Waals surface area contributed by atoms with Crippen LogP contribution in [-0.2, 0) is 9.53 Å². The molecule has 0 aromatic heterocycles. The summed E-state index contributed by atoms with van der Waals surface area (Å²) in [6.45, 7) is 0.915. The molecule has 0 aromatic carbocycles. The van der Waals surface area contributed by atoms with E-state index in [2.05, 4.69) is 12.2 Å². The van der Waals surface area contributed by atoms with E-state index in [1.807, 2.05) is 0 Å². The van der Waals surface area contributed by atoms with Crippen LogP contribution in [0, 0.1) is 23.7 Å². The second kappa shape index (κ2) is 2.98. The maximum absolute atomic E-state index is 12.1. The fraction of sp³-hybridized carbons (Fsp3) is 0.786. The molecule has 0 amide bonds. The fourth-order valence-electron chi connectivity index (χ4n) is 4.83. The zero-order valence-electron chi connectivity index (χ0n) is 9.52. The first-order chi connectivity index (χ1) is 7.80. The van der Waals surface area contributed by atoms with Crippen molar-refractivity contribution in [3.05, 3.63) is 12.2 Å². The predicted octanol–water partition coefficient (Wildman–Crippen LogP) is 2.34. The molecular formula is C14H18O2. The van der Waals surface area contributed by atoms with Gasteiger partial charge in [0.25, 0.3) is 0 Å².